The summed E-state index contributed by atoms with van der Waals surface area (Å²) in [6.45, 7) is 1.50. The van der Waals surface area contributed by atoms with E-state index in [2.05, 4.69) is 5.32 Å². The molecule has 1 N–H and O–H groups in total. The number of fused-ring (bicyclic) bond motifs is 1. The van der Waals surface area contributed by atoms with Gasteiger partial charge in [-0.15, -0.1) is 0 Å². The van der Waals surface area contributed by atoms with Crippen LogP contribution in [0.3, 0.4) is 0 Å². The molecular weight excluding hydrogens is 394 g/mol. The summed E-state index contributed by atoms with van der Waals surface area (Å²) in [6.07, 6.45) is 1.46. The molecule has 2 heterocycles. The Morgan fingerprint density at radius 1 is 1.14 bits per heavy atom. The third-order valence-electron chi connectivity index (χ3n) is 4.25. The predicted octanol–water partition coefficient (Wildman–Crippen LogP) is 5.03. The van der Waals surface area contributed by atoms with Crippen molar-refractivity contribution in [1.82, 2.24) is 0 Å². The van der Waals surface area contributed by atoms with Crippen LogP contribution in [-0.4, -0.2) is 12.5 Å². The van der Waals surface area contributed by atoms with Crippen LogP contribution in [0, 0.1) is 6.92 Å². The number of amides is 1. The van der Waals surface area contributed by atoms with E-state index in [1.165, 1.54) is 6.26 Å². The third-order valence-corrected chi connectivity index (χ3v) is 4.58. The largest absolute Gasteiger partial charge is 0.476 e. The summed E-state index contributed by atoms with van der Waals surface area (Å²) in [5, 5.41) is 3.40. The van der Waals surface area contributed by atoms with Crippen LogP contribution >= 0.6 is 11.6 Å². The number of rotatable bonds is 5. The summed E-state index contributed by atoms with van der Waals surface area (Å²) in [7, 11) is 0. The van der Waals surface area contributed by atoms with Crippen molar-refractivity contribution in [2.24, 2.45) is 0 Å². The van der Waals surface area contributed by atoms with Crippen molar-refractivity contribution in [3.63, 3.8) is 0 Å². The quantitative estimate of drug-likeness (QED) is 0.499. The number of hydrogen-bond acceptors (Lipinski definition) is 5. The lowest BCUT2D eigenvalue weighted by Gasteiger charge is -2.11. The van der Waals surface area contributed by atoms with E-state index in [0.717, 1.165) is 5.56 Å². The van der Waals surface area contributed by atoms with Gasteiger partial charge in [0.25, 0.3) is 5.91 Å². The van der Waals surface area contributed by atoms with Crippen LogP contribution in [0.15, 0.2) is 74.5 Å². The normalized spacial score (nSPS) is 10.8. The van der Waals surface area contributed by atoms with Gasteiger partial charge in [-0.3, -0.25) is 9.59 Å². The van der Waals surface area contributed by atoms with Crippen molar-refractivity contribution in [3.05, 3.63) is 81.7 Å². The van der Waals surface area contributed by atoms with Crippen molar-refractivity contribution >= 4 is 34.2 Å². The zero-order valence-electron chi connectivity index (χ0n) is 15.4. The number of benzene rings is 2. The maximum atomic E-state index is 13.0. The summed E-state index contributed by atoms with van der Waals surface area (Å²) in [4.78, 5) is 25.3. The van der Waals surface area contributed by atoms with E-state index in [0.29, 0.717) is 27.4 Å². The van der Waals surface area contributed by atoms with Gasteiger partial charge >= 0.3 is 0 Å². The minimum absolute atomic E-state index is 0.0920. The Morgan fingerprint density at radius 3 is 2.72 bits per heavy atom. The third kappa shape index (κ3) is 3.88. The molecule has 0 saturated carbocycles. The van der Waals surface area contributed by atoms with Crippen molar-refractivity contribution < 1.29 is 18.4 Å². The van der Waals surface area contributed by atoms with Crippen LogP contribution in [0.25, 0.3) is 22.5 Å². The molecule has 6 nitrogen and oxygen atoms in total. The number of aryl methyl sites for hydroxylation is 1. The van der Waals surface area contributed by atoms with E-state index in [4.69, 9.17) is 25.2 Å². The van der Waals surface area contributed by atoms with Gasteiger partial charge in [0.15, 0.2) is 12.4 Å². The van der Waals surface area contributed by atoms with Gasteiger partial charge in [-0.1, -0.05) is 29.8 Å². The van der Waals surface area contributed by atoms with Gasteiger partial charge in [0.2, 0.25) is 16.9 Å². The van der Waals surface area contributed by atoms with Gasteiger partial charge in [0.05, 0.1) is 22.4 Å². The summed E-state index contributed by atoms with van der Waals surface area (Å²) in [5.41, 5.74) is 1.42. The molecule has 7 heteroatoms. The number of hydrogen-bond donors (Lipinski definition) is 1. The highest BCUT2D eigenvalue weighted by Crippen LogP contribution is 2.31. The Balaban J connectivity index is 1.67. The molecule has 4 aromatic rings. The van der Waals surface area contributed by atoms with E-state index in [1.54, 1.807) is 54.6 Å². The van der Waals surface area contributed by atoms with E-state index < -0.39 is 12.5 Å². The van der Waals surface area contributed by atoms with Crippen molar-refractivity contribution in [2.45, 2.75) is 6.92 Å². The summed E-state index contributed by atoms with van der Waals surface area (Å²) >= 11 is 6.05. The number of carbonyl (C=O) groups excluding carboxylic acids is 1. The Kier molecular flexibility index (Phi) is 5.10. The second-order valence-corrected chi connectivity index (χ2v) is 6.79. The summed E-state index contributed by atoms with van der Waals surface area (Å²) < 4.78 is 16.9. The van der Waals surface area contributed by atoms with E-state index in [9.17, 15) is 9.59 Å². The Labute approximate surface area is 170 Å². The number of nitrogens with one attached hydrogen (secondary N) is 1. The van der Waals surface area contributed by atoms with E-state index >= 15 is 0 Å². The van der Waals surface area contributed by atoms with Crippen LogP contribution in [0.1, 0.15) is 5.56 Å². The van der Waals surface area contributed by atoms with Crippen LogP contribution < -0.4 is 15.5 Å². The first-order chi connectivity index (χ1) is 14.0. The average molecular weight is 410 g/mol. The molecule has 0 spiro atoms. The second kappa shape index (κ2) is 7.85. The molecule has 2 aromatic carbocycles. The maximum absolute atomic E-state index is 13.0. The van der Waals surface area contributed by atoms with Crippen molar-refractivity contribution in [3.8, 4) is 17.3 Å². The van der Waals surface area contributed by atoms with Gasteiger partial charge in [-0.05, 0) is 48.9 Å². The lowest BCUT2D eigenvalue weighted by molar-refractivity contribution is -0.118. The highest BCUT2D eigenvalue weighted by molar-refractivity contribution is 6.33. The minimum atomic E-state index is -0.466. The van der Waals surface area contributed by atoms with E-state index in [1.807, 2.05) is 6.92 Å². The first-order valence-electron chi connectivity index (χ1n) is 8.81. The Hall–Kier alpha value is -3.51. The molecule has 0 radical (unpaired) electrons. The van der Waals surface area contributed by atoms with Crippen LogP contribution in [0.4, 0.5) is 5.69 Å². The molecule has 146 valence electrons. The highest BCUT2D eigenvalue weighted by Gasteiger charge is 2.21. The molecule has 2 aromatic heterocycles. The zero-order chi connectivity index (χ0) is 20.4. The standard InChI is InChI=1S/C22H16ClNO5/c1-13-8-9-14-18(11-13)29-21(17-7-4-10-27-17)22(20(14)26)28-12-19(25)24-16-6-3-2-5-15(16)23/h2-11H,12H2,1H3,(H,24,25). The molecule has 0 bridgehead atoms. The van der Waals surface area contributed by atoms with Gasteiger partial charge in [0.1, 0.15) is 5.58 Å². The predicted molar refractivity (Wildman–Crippen MR) is 110 cm³/mol. The molecule has 4 rings (SSSR count). The topological polar surface area (TPSA) is 81.7 Å². The van der Waals surface area contributed by atoms with Gasteiger partial charge in [-0.25, -0.2) is 0 Å². The summed E-state index contributed by atoms with van der Waals surface area (Å²) in [6, 6.07) is 15.4. The van der Waals surface area contributed by atoms with Gasteiger partial charge in [0, 0.05) is 0 Å². The number of ether oxygens (including phenoxy) is 1. The first kappa shape index (κ1) is 18.8. The highest BCUT2D eigenvalue weighted by atomic mass is 35.5. The van der Waals surface area contributed by atoms with E-state index in [-0.39, 0.29) is 16.9 Å². The second-order valence-electron chi connectivity index (χ2n) is 6.38. The molecule has 0 unspecified atom stereocenters. The van der Waals surface area contributed by atoms with Crippen LogP contribution in [0.5, 0.6) is 5.75 Å². The Morgan fingerprint density at radius 2 is 1.97 bits per heavy atom. The van der Waals surface area contributed by atoms with Crippen LogP contribution in [-0.2, 0) is 4.79 Å². The SMILES string of the molecule is Cc1ccc2c(=O)c(OCC(=O)Nc3ccccc3Cl)c(-c3ccco3)oc2c1. The fourth-order valence-electron chi connectivity index (χ4n) is 2.87. The number of halogens is 1. The number of carbonyl (C=O) groups is 1. The number of para-hydroxylation sites is 1. The van der Waals surface area contributed by atoms with Crippen molar-refractivity contribution in [2.75, 3.05) is 11.9 Å². The molecule has 0 atom stereocenters. The number of furan rings is 1. The Bertz CT molecular complexity index is 1240. The minimum Gasteiger partial charge on any atom is -0.476 e. The molecule has 0 saturated heterocycles. The molecule has 0 fully saturated rings. The smallest absolute Gasteiger partial charge is 0.262 e. The molecule has 1 amide bonds. The lowest BCUT2D eigenvalue weighted by atomic mass is 10.1. The zero-order valence-corrected chi connectivity index (χ0v) is 16.2. The monoisotopic (exact) mass is 409 g/mol. The lowest BCUT2D eigenvalue weighted by Crippen LogP contribution is -2.22. The van der Waals surface area contributed by atoms with Gasteiger partial charge < -0.3 is 18.9 Å². The number of anilines is 1. The fraction of sp³-hybridized carbons (Fsp3) is 0.0909. The molecule has 0 aliphatic carbocycles. The molecular formula is C22H16ClNO5. The first-order valence-corrected chi connectivity index (χ1v) is 9.19. The summed E-state index contributed by atoms with van der Waals surface area (Å²) in [5.74, 6) is -0.104. The average Bonchev–Trinajstić information content (AvgIpc) is 3.23. The maximum Gasteiger partial charge on any atom is 0.262 e. The van der Waals surface area contributed by atoms with Gasteiger partial charge in [-0.2, -0.15) is 0 Å². The fourth-order valence-corrected chi connectivity index (χ4v) is 3.05. The van der Waals surface area contributed by atoms with Crippen LogP contribution in [0.2, 0.25) is 5.02 Å². The van der Waals surface area contributed by atoms with Crippen molar-refractivity contribution in [1.29, 1.82) is 0 Å². The molecule has 0 aliphatic rings. The molecule has 0 aliphatic heterocycles. The molecule has 29 heavy (non-hydrogen) atoms.